The maximum Gasteiger partial charge on any atom is 0.306 e. The molecule has 6 nitrogen and oxygen atoms in total. The van der Waals surface area contributed by atoms with Crippen molar-refractivity contribution >= 4 is 17.9 Å². The van der Waals surface area contributed by atoms with Crippen LogP contribution in [0.1, 0.15) is 284 Å². The molecule has 422 valence electrons. The van der Waals surface area contributed by atoms with Gasteiger partial charge in [0.2, 0.25) is 0 Å². The fourth-order valence-electron chi connectivity index (χ4n) is 8.44. The summed E-state index contributed by atoms with van der Waals surface area (Å²) in [5.41, 5.74) is 0. The number of esters is 3. The van der Waals surface area contributed by atoms with Gasteiger partial charge in [-0.25, -0.2) is 0 Å². The highest BCUT2D eigenvalue weighted by molar-refractivity contribution is 5.71. The van der Waals surface area contributed by atoms with Crippen LogP contribution in [0.3, 0.4) is 0 Å². The van der Waals surface area contributed by atoms with Gasteiger partial charge in [0.25, 0.3) is 0 Å². The fourth-order valence-corrected chi connectivity index (χ4v) is 8.44. The normalized spacial score (nSPS) is 12.9. The number of allylic oxidation sites excluding steroid dienone is 18. The number of ether oxygens (including phenoxy) is 3. The molecule has 0 bridgehead atoms. The third-order valence-corrected chi connectivity index (χ3v) is 13.0. The van der Waals surface area contributed by atoms with E-state index < -0.39 is 6.10 Å². The molecule has 6 heteroatoms. The zero-order valence-corrected chi connectivity index (χ0v) is 48.3. The van der Waals surface area contributed by atoms with Gasteiger partial charge in [-0.2, -0.15) is 0 Å². The van der Waals surface area contributed by atoms with Gasteiger partial charge in [-0.1, -0.05) is 291 Å². The van der Waals surface area contributed by atoms with Gasteiger partial charge in [-0.15, -0.1) is 0 Å². The molecule has 0 aliphatic carbocycles. The largest absolute Gasteiger partial charge is 0.462 e. The summed E-state index contributed by atoms with van der Waals surface area (Å²) in [7, 11) is 0. The zero-order chi connectivity index (χ0) is 53.6. The quantitative estimate of drug-likeness (QED) is 0.0261. The summed E-state index contributed by atoms with van der Waals surface area (Å²) in [6, 6.07) is 0. The number of rotatable bonds is 55. The van der Waals surface area contributed by atoms with Gasteiger partial charge in [0.05, 0.1) is 0 Å². The Balaban J connectivity index is 4.36. The lowest BCUT2D eigenvalue weighted by atomic mass is 10.0. The van der Waals surface area contributed by atoms with Crippen molar-refractivity contribution in [2.45, 2.75) is 290 Å². The molecule has 0 rings (SSSR count). The van der Waals surface area contributed by atoms with Crippen molar-refractivity contribution in [3.05, 3.63) is 109 Å². The smallest absolute Gasteiger partial charge is 0.306 e. The van der Waals surface area contributed by atoms with Crippen LogP contribution in [0.5, 0.6) is 0 Å². The second-order valence-electron chi connectivity index (χ2n) is 20.2. The first kappa shape index (κ1) is 70.1. The molecule has 0 N–H and O–H groups in total. The Hall–Kier alpha value is -3.93. The predicted molar refractivity (Wildman–Crippen MR) is 320 cm³/mol. The van der Waals surface area contributed by atoms with Crippen LogP contribution in [0.4, 0.5) is 0 Å². The third kappa shape index (κ3) is 59.0. The molecule has 0 saturated carbocycles. The van der Waals surface area contributed by atoms with E-state index in [4.69, 9.17) is 14.2 Å². The van der Waals surface area contributed by atoms with Crippen LogP contribution in [0, 0.1) is 0 Å². The average Bonchev–Trinajstić information content (AvgIpc) is 3.40. The van der Waals surface area contributed by atoms with E-state index in [1.54, 1.807) is 0 Å². The van der Waals surface area contributed by atoms with Crippen LogP contribution in [0.15, 0.2) is 109 Å². The van der Waals surface area contributed by atoms with Crippen molar-refractivity contribution in [1.82, 2.24) is 0 Å². The lowest BCUT2D eigenvalue weighted by Gasteiger charge is -2.18. The van der Waals surface area contributed by atoms with E-state index in [0.29, 0.717) is 19.3 Å². The van der Waals surface area contributed by atoms with Gasteiger partial charge in [-0.05, 0) is 83.5 Å². The maximum absolute atomic E-state index is 12.9. The summed E-state index contributed by atoms with van der Waals surface area (Å²) in [6.07, 6.45) is 83.9. The molecule has 0 aromatic rings. The summed E-state index contributed by atoms with van der Waals surface area (Å²) in [4.78, 5) is 38.1. The van der Waals surface area contributed by atoms with Gasteiger partial charge in [0.1, 0.15) is 13.2 Å². The maximum atomic E-state index is 12.9. The molecular formula is C68H114O6. The summed E-state index contributed by atoms with van der Waals surface area (Å²) < 4.78 is 16.8. The number of unbranched alkanes of at least 4 members (excludes halogenated alkanes) is 26. The van der Waals surface area contributed by atoms with Crippen LogP contribution in [0.25, 0.3) is 0 Å². The second-order valence-corrected chi connectivity index (χ2v) is 20.2. The number of hydrogen-bond acceptors (Lipinski definition) is 6. The average molecular weight is 1030 g/mol. The van der Waals surface area contributed by atoms with Crippen LogP contribution in [-0.2, 0) is 28.6 Å². The Kier molecular flexibility index (Phi) is 58.3. The van der Waals surface area contributed by atoms with Crippen LogP contribution < -0.4 is 0 Å². The van der Waals surface area contributed by atoms with E-state index in [-0.39, 0.29) is 37.5 Å². The van der Waals surface area contributed by atoms with E-state index in [1.165, 1.54) is 135 Å². The lowest BCUT2D eigenvalue weighted by Crippen LogP contribution is -2.30. The Morgan fingerprint density at radius 1 is 0.284 bits per heavy atom. The predicted octanol–water partition coefficient (Wildman–Crippen LogP) is 21.0. The van der Waals surface area contributed by atoms with E-state index in [0.717, 1.165) is 103 Å². The number of carbonyl (C=O) groups excluding carboxylic acids is 3. The molecule has 74 heavy (non-hydrogen) atoms. The highest BCUT2D eigenvalue weighted by Gasteiger charge is 2.19. The van der Waals surface area contributed by atoms with Crippen LogP contribution in [0.2, 0.25) is 0 Å². The molecule has 0 aromatic heterocycles. The molecule has 0 fully saturated rings. The first-order valence-electron chi connectivity index (χ1n) is 30.9. The molecule has 0 radical (unpaired) electrons. The minimum atomic E-state index is -0.799. The van der Waals surface area contributed by atoms with Gasteiger partial charge < -0.3 is 14.2 Å². The van der Waals surface area contributed by atoms with E-state index in [2.05, 4.69) is 130 Å². The second kappa shape index (κ2) is 61.6. The van der Waals surface area contributed by atoms with Crippen molar-refractivity contribution in [1.29, 1.82) is 0 Å². The summed E-state index contributed by atoms with van der Waals surface area (Å²) >= 11 is 0. The van der Waals surface area contributed by atoms with Gasteiger partial charge in [0.15, 0.2) is 6.10 Å². The Morgan fingerprint density at radius 3 is 0.824 bits per heavy atom. The van der Waals surface area contributed by atoms with Crippen molar-refractivity contribution in [3.8, 4) is 0 Å². The van der Waals surface area contributed by atoms with E-state index in [1.807, 2.05) is 0 Å². The van der Waals surface area contributed by atoms with Gasteiger partial charge in [0, 0.05) is 19.3 Å². The molecule has 1 atom stereocenters. The summed E-state index contributed by atoms with van der Waals surface area (Å²) in [6.45, 7) is 6.48. The minimum Gasteiger partial charge on any atom is -0.462 e. The number of carbonyl (C=O) groups is 3. The highest BCUT2D eigenvalue weighted by atomic mass is 16.6. The van der Waals surface area contributed by atoms with Crippen LogP contribution >= 0.6 is 0 Å². The number of hydrogen-bond donors (Lipinski definition) is 0. The molecule has 0 spiro atoms. The fraction of sp³-hybridized carbons (Fsp3) is 0.691. The van der Waals surface area contributed by atoms with E-state index >= 15 is 0 Å². The van der Waals surface area contributed by atoms with Crippen molar-refractivity contribution < 1.29 is 28.6 Å². The minimum absolute atomic E-state index is 0.0931. The van der Waals surface area contributed by atoms with Gasteiger partial charge >= 0.3 is 17.9 Å². The molecular weight excluding hydrogens is 913 g/mol. The monoisotopic (exact) mass is 1030 g/mol. The lowest BCUT2D eigenvalue weighted by molar-refractivity contribution is -0.167. The van der Waals surface area contributed by atoms with E-state index in [9.17, 15) is 14.4 Å². The van der Waals surface area contributed by atoms with Crippen molar-refractivity contribution in [2.24, 2.45) is 0 Å². The van der Waals surface area contributed by atoms with Gasteiger partial charge in [-0.3, -0.25) is 14.4 Å². The Bertz CT molecular complexity index is 1510. The zero-order valence-electron chi connectivity index (χ0n) is 48.3. The first-order chi connectivity index (χ1) is 36.5. The summed E-state index contributed by atoms with van der Waals surface area (Å²) in [5, 5.41) is 0. The molecule has 0 aliphatic heterocycles. The molecule has 0 heterocycles. The molecule has 0 saturated heterocycles. The summed E-state index contributed by atoms with van der Waals surface area (Å²) in [5.74, 6) is -0.950. The Morgan fingerprint density at radius 2 is 0.527 bits per heavy atom. The van der Waals surface area contributed by atoms with Crippen LogP contribution in [-0.4, -0.2) is 37.2 Å². The Labute approximate surface area is 457 Å². The standard InChI is InChI=1S/C68H114O6/c1-4-7-10-13-16-19-22-24-26-28-29-30-31-32-33-34-35-36-37-38-39-41-42-44-46-49-52-55-58-61-67(70)73-64-65(63-72-66(69)60-57-54-51-48-21-18-15-12-9-6-3)74-68(71)62-59-56-53-50-47-45-43-40-27-25-23-20-17-14-11-8-5-2/h7,10,16,19,24,26,29-30,32-33,35-36,38-39,42,44,49,52,65H,4-6,8-9,11-15,17-18,20-23,25,27-28,31,34,37,40-41,43,45-48,50-51,53-64H2,1-3H3/b10-7-,19-16-,26-24-,30-29-,33-32-,36-35-,39-38-,44-42-,52-49-. The molecule has 0 aromatic carbocycles. The first-order valence-corrected chi connectivity index (χ1v) is 30.9. The highest BCUT2D eigenvalue weighted by Crippen LogP contribution is 2.16. The molecule has 0 amide bonds. The third-order valence-electron chi connectivity index (χ3n) is 13.0. The van der Waals surface area contributed by atoms with Crippen molar-refractivity contribution in [2.75, 3.05) is 13.2 Å². The topological polar surface area (TPSA) is 78.9 Å². The molecule has 0 aliphatic rings. The van der Waals surface area contributed by atoms with Crippen molar-refractivity contribution in [3.63, 3.8) is 0 Å². The SMILES string of the molecule is CC/C=C\C/C=C\C/C=C\C/C=C\C/C=C\C/C=C\C/C=C\C/C=C\C/C=C\CCCC(=O)OCC(COC(=O)CCCCCCCCCCCC)OC(=O)CCCCCCCCCCCCCCCCCCC. The molecule has 1 unspecified atom stereocenters.